The fourth-order valence-electron chi connectivity index (χ4n) is 11.1. The quantitative estimate of drug-likeness (QED) is 0.148. The molecule has 4 heteroatoms. The molecule has 0 N–H and O–H groups in total. The van der Waals surface area contributed by atoms with Crippen LogP contribution in [0.4, 0.5) is 45.5 Å². The van der Waals surface area contributed by atoms with E-state index < -0.39 is 0 Å². The monoisotopic (exact) mass is 869 g/mol. The second-order valence-corrected chi connectivity index (χ2v) is 21.0. The van der Waals surface area contributed by atoms with Gasteiger partial charge in [0.05, 0.1) is 17.4 Å². The highest BCUT2D eigenvalue weighted by molar-refractivity contribution is 7.00. The van der Waals surface area contributed by atoms with Crippen molar-refractivity contribution in [2.45, 2.75) is 78.2 Å². The van der Waals surface area contributed by atoms with Crippen LogP contribution in [0.3, 0.4) is 0 Å². The molecule has 0 aromatic heterocycles. The molecule has 2 unspecified atom stereocenters. The number of nitrogens with zero attached hydrogens (tertiary/aromatic N) is 3. The summed E-state index contributed by atoms with van der Waals surface area (Å²) in [5.74, 6) is 0.420. The summed E-state index contributed by atoms with van der Waals surface area (Å²) < 4.78 is 0. The Bertz CT molecular complexity index is 3090. The van der Waals surface area contributed by atoms with Crippen LogP contribution in [0.2, 0.25) is 0 Å². The third-order valence-electron chi connectivity index (χ3n) is 14.5. The first-order valence-corrected chi connectivity index (χ1v) is 24.3. The van der Waals surface area contributed by atoms with E-state index >= 15 is 0 Å². The second-order valence-electron chi connectivity index (χ2n) is 21.0. The Hall–Kier alpha value is -7.04. The van der Waals surface area contributed by atoms with Gasteiger partial charge in [0, 0.05) is 39.7 Å². The zero-order chi connectivity index (χ0) is 46.0. The number of allylic oxidation sites excluding steroid dienone is 5. The number of hydrogen-bond acceptors (Lipinski definition) is 3. The molecule has 2 aliphatic carbocycles. The highest BCUT2D eigenvalue weighted by Crippen LogP contribution is 2.50. The topological polar surface area (TPSA) is 9.72 Å². The number of fused-ring (bicyclic) bond motifs is 4. The van der Waals surface area contributed by atoms with Crippen molar-refractivity contribution in [2.75, 3.05) is 14.7 Å². The summed E-state index contributed by atoms with van der Waals surface area (Å²) in [6.45, 7) is 16.5. The van der Waals surface area contributed by atoms with Gasteiger partial charge in [-0.15, -0.1) is 0 Å². The average molecular weight is 870 g/mol. The maximum Gasteiger partial charge on any atom is 0.252 e. The van der Waals surface area contributed by atoms with E-state index in [4.69, 9.17) is 0 Å². The minimum Gasteiger partial charge on any atom is -0.334 e. The van der Waals surface area contributed by atoms with Crippen molar-refractivity contribution in [3.8, 4) is 11.1 Å². The smallest absolute Gasteiger partial charge is 0.252 e. The molecular formula is C63H60BN3. The van der Waals surface area contributed by atoms with Gasteiger partial charge < -0.3 is 14.7 Å². The van der Waals surface area contributed by atoms with Gasteiger partial charge in [-0.3, -0.25) is 0 Å². The first kappa shape index (κ1) is 42.6. The lowest BCUT2D eigenvalue weighted by molar-refractivity contribution is 0.590. The largest absolute Gasteiger partial charge is 0.334 e. The Morgan fingerprint density at radius 2 is 1.03 bits per heavy atom. The lowest BCUT2D eigenvalue weighted by Crippen LogP contribution is -2.63. The van der Waals surface area contributed by atoms with Crippen molar-refractivity contribution in [3.63, 3.8) is 0 Å². The van der Waals surface area contributed by atoms with Gasteiger partial charge in [-0.05, 0) is 128 Å². The van der Waals surface area contributed by atoms with Gasteiger partial charge in [0.1, 0.15) is 0 Å². The molecule has 0 saturated carbocycles. The molecule has 0 spiro atoms. The van der Waals surface area contributed by atoms with Crippen LogP contribution in [0.5, 0.6) is 0 Å². The van der Waals surface area contributed by atoms with Crippen LogP contribution >= 0.6 is 0 Å². The van der Waals surface area contributed by atoms with Gasteiger partial charge in [-0.25, -0.2) is 0 Å². The third kappa shape index (κ3) is 7.48. The van der Waals surface area contributed by atoms with Crippen molar-refractivity contribution < 1.29 is 0 Å². The molecule has 67 heavy (non-hydrogen) atoms. The first-order chi connectivity index (χ1) is 32.5. The number of benzene rings is 7. The van der Waals surface area contributed by atoms with E-state index in [2.05, 4.69) is 263 Å². The predicted molar refractivity (Wildman–Crippen MR) is 289 cm³/mol. The highest BCUT2D eigenvalue weighted by Gasteiger charge is 2.46. The summed E-state index contributed by atoms with van der Waals surface area (Å²) in [7, 11) is 0. The Morgan fingerprint density at radius 1 is 0.493 bits per heavy atom. The van der Waals surface area contributed by atoms with Gasteiger partial charge in [-0.1, -0.05) is 194 Å². The van der Waals surface area contributed by atoms with Crippen molar-refractivity contribution >= 4 is 68.6 Å². The molecule has 7 aromatic rings. The molecule has 7 aromatic carbocycles. The SMILES string of the molecule is CC1CC=CC=C1C1=CC=CCC1N1c2cc(C(C)(C)C)ccc2B2c3ccc(C(C)(C)C)cc3N(c3ccccc3-c3ccccc3)c3cc(N(c4ccccc4)c4ccccc4)cc1c32. The van der Waals surface area contributed by atoms with Gasteiger partial charge in [0.15, 0.2) is 0 Å². The standard InChI is InChI=1S/C63H60BN3/c1-43-23-17-18-30-50(43)52-32-20-22-34-56(52)67-58-40-46(63(5,6)7)36-38-54(58)64-53-37-35-45(62(2,3)4)39-57(53)66(55-33-21-19-31-51(55)44-24-11-8-12-25-44)59-41-49(42-60(67)61(59)64)65(47-26-13-9-14-27-47)48-28-15-10-16-29-48/h8-22,24-33,35-43,56H,23,34H2,1-7H3. The van der Waals surface area contributed by atoms with Crippen molar-refractivity contribution in [2.24, 2.45) is 5.92 Å². The molecule has 2 aliphatic heterocycles. The molecule has 2 atom stereocenters. The van der Waals surface area contributed by atoms with Crippen LogP contribution in [0.15, 0.2) is 211 Å². The van der Waals surface area contributed by atoms with Crippen molar-refractivity contribution in [3.05, 3.63) is 223 Å². The molecule has 0 saturated heterocycles. The fourth-order valence-corrected chi connectivity index (χ4v) is 11.1. The van der Waals surface area contributed by atoms with E-state index in [0.717, 1.165) is 29.9 Å². The zero-order valence-corrected chi connectivity index (χ0v) is 40.0. The average Bonchev–Trinajstić information content (AvgIpc) is 3.34. The minimum absolute atomic E-state index is 0.00677. The molecule has 0 amide bonds. The molecule has 2 heterocycles. The summed E-state index contributed by atoms with van der Waals surface area (Å²) in [5, 5.41) is 0. The molecule has 11 rings (SSSR count). The molecule has 0 fully saturated rings. The van der Waals surface area contributed by atoms with Crippen LogP contribution in [-0.2, 0) is 10.8 Å². The molecule has 330 valence electrons. The number of anilines is 8. The second kappa shape index (κ2) is 16.7. The minimum atomic E-state index is -0.0649. The van der Waals surface area contributed by atoms with E-state index in [9.17, 15) is 0 Å². The van der Waals surface area contributed by atoms with Gasteiger partial charge in [-0.2, -0.15) is 0 Å². The predicted octanol–water partition coefficient (Wildman–Crippen LogP) is 14.9. The van der Waals surface area contributed by atoms with Crippen molar-refractivity contribution in [1.82, 2.24) is 0 Å². The van der Waals surface area contributed by atoms with E-state index in [1.54, 1.807) is 0 Å². The van der Waals surface area contributed by atoms with E-state index in [1.807, 2.05) is 0 Å². The van der Waals surface area contributed by atoms with Gasteiger partial charge >= 0.3 is 0 Å². The van der Waals surface area contributed by atoms with Crippen LogP contribution in [-0.4, -0.2) is 12.8 Å². The summed E-state index contributed by atoms with van der Waals surface area (Å²) in [5.41, 5.74) is 21.3. The highest BCUT2D eigenvalue weighted by atomic mass is 15.2. The zero-order valence-electron chi connectivity index (χ0n) is 40.0. The summed E-state index contributed by atoms with van der Waals surface area (Å²) in [4.78, 5) is 7.86. The van der Waals surface area contributed by atoms with Crippen LogP contribution in [0.1, 0.15) is 72.4 Å². The van der Waals surface area contributed by atoms with Crippen molar-refractivity contribution in [1.29, 1.82) is 0 Å². The summed E-state index contributed by atoms with van der Waals surface area (Å²) in [6, 6.07) is 61.7. The summed E-state index contributed by atoms with van der Waals surface area (Å²) in [6.07, 6.45) is 16.0. The Kier molecular flexibility index (Phi) is 10.6. The number of rotatable bonds is 7. The van der Waals surface area contributed by atoms with E-state index in [-0.39, 0.29) is 23.6 Å². The Balaban J connectivity index is 1.29. The van der Waals surface area contributed by atoms with E-state index in [1.165, 1.54) is 78.2 Å². The summed E-state index contributed by atoms with van der Waals surface area (Å²) >= 11 is 0. The fraction of sp³-hybridized carbons (Fsp3) is 0.206. The van der Waals surface area contributed by atoms with Crippen LogP contribution in [0, 0.1) is 5.92 Å². The van der Waals surface area contributed by atoms with Gasteiger partial charge in [0.25, 0.3) is 6.71 Å². The van der Waals surface area contributed by atoms with Crippen LogP contribution < -0.4 is 31.1 Å². The number of hydrogen-bond donors (Lipinski definition) is 0. The van der Waals surface area contributed by atoms with E-state index in [0.29, 0.717) is 5.92 Å². The molecular weight excluding hydrogens is 810 g/mol. The molecule has 0 radical (unpaired) electrons. The normalized spacial score (nSPS) is 17.3. The van der Waals surface area contributed by atoms with Gasteiger partial charge in [0.2, 0.25) is 0 Å². The maximum atomic E-state index is 2.77. The maximum absolute atomic E-state index is 2.77. The lowest BCUT2D eigenvalue weighted by Gasteiger charge is -2.48. The third-order valence-corrected chi connectivity index (χ3v) is 14.5. The molecule has 0 bridgehead atoms. The Labute approximate surface area is 399 Å². The molecule has 4 aliphatic rings. The number of para-hydroxylation sites is 3. The van der Waals surface area contributed by atoms with Crippen LogP contribution in [0.25, 0.3) is 11.1 Å². The first-order valence-electron chi connectivity index (χ1n) is 24.3. The lowest BCUT2D eigenvalue weighted by atomic mass is 9.33. The Morgan fingerprint density at radius 3 is 1.66 bits per heavy atom. The molecule has 3 nitrogen and oxygen atoms in total.